The van der Waals surface area contributed by atoms with Crippen LogP contribution in [0.2, 0.25) is 5.02 Å². The molecule has 0 aliphatic carbocycles. The fourth-order valence-corrected chi connectivity index (χ4v) is 2.66. The van der Waals surface area contributed by atoms with Gasteiger partial charge >= 0.3 is 11.6 Å². The molecule has 0 saturated heterocycles. The first-order valence-corrected chi connectivity index (χ1v) is 8.53. The summed E-state index contributed by atoms with van der Waals surface area (Å²) >= 11 is 6.14. The summed E-state index contributed by atoms with van der Waals surface area (Å²) in [5, 5.41) is 1.10. The number of halogens is 2. The predicted molar refractivity (Wildman–Crippen MR) is 98.5 cm³/mol. The van der Waals surface area contributed by atoms with E-state index in [0.717, 1.165) is 5.56 Å². The molecule has 1 heterocycles. The highest BCUT2D eigenvalue weighted by atomic mass is 35.5. The third kappa shape index (κ3) is 4.46. The molecule has 27 heavy (non-hydrogen) atoms. The van der Waals surface area contributed by atoms with E-state index in [9.17, 15) is 14.0 Å². The van der Waals surface area contributed by atoms with Gasteiger partial charge in [0.05, 0.1) is 0 Å². The highest BCUT2D eigenvalue weighted by molar-refractivity contribution is 6.32. The third-order valence-corrected chi connectivity index (χ3v) is 4.34. The Morgan fingerprint density at radius 2 is 1.93 bits per heavy atom. The SMILES string of the molecule is Cc1cc2oc(=O)cc(COC(=O)[C@@H](C)Oc3ccc(F)cc3)c2cc1Cl. The zero-order valence-electron chi connectivity index (χ0n) is 14.6. The number of esters is 1. The zero-order chi connectivity index (χ0) is 19.6. The molecule has 1 aromatic heterocycles. The third-order valence-electron chi connectivity index (χ3n) is 3.94. The molecule has 0 N–H and O–H groups in total. The Hall–Kier alpha value is -2.86. The molecule has 140 valence electrons. The van der Waals surface area contributed by atoms with Crippen molar-refractivity contribution in [2.75, 3.05) is 0 Å². The van der Waals surface area contributed by atoms with Crippen molar-refractivity contribution in [1.29, 1.82) is 0 Å². The van der Waals surface area contributed by atoms with E-state index in [2.05, 4.69) is 0 Å². The minimum atomic E-state index is -0.910. The summed E-state index contributed by atoms with van der Waals surface area (Å²) in [7, 11) is 0. The van der Waals surface area contributed by atoms with Crippen molar-refractivity contribution in [3.05, 3.63) is 74.9 Å². The van der Waals surface area contributed by atoms with Crippen LogP contribution in [-0.4, -0.2) is 12.1 Å². The van der Waals surface area contributed by atoms with Gasteiger partial charge in [0.25, 0.3) is 0 Å². The maximum absolute atomic E-state index is 12.9. The average Bonchev–Trinajstić information content (AvgIpc) is 2.62. The monoisotopic (exact) mass is 390 g/mol. The van der Waals surface area contributed by atoms with Crippen LogP contribution in [0.15, 0.2) is 51.7 Å². The molecule has 5 nitrogen and oxygen atoms in total. The minimum absolute atomic E-state index is 0.141. The number of hydrogen-bond acceptors (Lipinski definition) is 5. The van der Waals surface area contributed by atoms with Crippen LogP contribution in [0.1, 0.15) is 18.1 Å². The molecule has 0 fully saturated rings. The second-order valence-corrected chi connectivity index (χ2v) is 6.42. The molecular weight excluding hydrogens is 375 g/mol. The first kappa shape index (κ1) is 18.9. The van der Waals surface area contributed by atoms with Gasteiger partial charge in [-0.15, -0.1) is 0 Å². The summed E-state index contributed by atoms with van der Waals surface area (Å²) in [5.41, 5.74) is 1.06. The van der Waals surface area contributed by atoms with E-state index in [1.807, 2.05) is 0 Å². The molecule has 0 spiro atoms. The second-order valence-electron chi connectivity index (χ2n) is 6.01. The van der Waals surface area contributed by atoms with Gasteiger partial charge in [-0.25, -0.2) is 14.0 Å². The molecule has 0 bridgehead atoms. The lowest BCUT2D eigenvalue weighted by molar-refractivity contribution is -0.152. The standard InChI is InChI=1S/C20H16ClFO5/c1-11-7-18-16(9-17(11)21)13(8-19(23)27-18)10-25-20(24)12(2)26-15-5-3-14(22)4-6-15/h3-9,12H,10H2,1-2H3/t12-/m1/s1. The number of rotatable bonds is 5. The first-order valence-electron chi connectivity index (χ1n) is 8.15. The quantitative estimate of drug-likeness (QED) is 0.477. The lowest BCUT2D eigenvalue weighted by Crippen LogP contribution is -2.26. The highest BCUT2D eigenvalue weighted by Crippen LogP contribution is 2.25. The topological polar surface area (TPSA) is 65.7 Å². The Bertz CT molecular complexity index is 1040. The van der Waals surface area contributed by atoms with Crippen molar-refractivity contribution >= 4 is 28.5 Å². The van der Waals surface area contributed by atoms with Crippen LogP contribution in [0.25, 0.3) is 11.0 Å². The van der Waals surface area contributed by atoms with Crippen molar-refractivity contribution in [2.24, 2.45) is 0 Å². The maximum atomic E-state index is 12.9. The van der Waals surface area contributed by atoms with Crippen molar-refractivity contribution < 1.29 is 23.1 Å². The molecule has 3 rings (SSSR count). The van der Waals surface area contributed by atoms with Crippen LogP contribution in [0.5, 0.6) is 5.75 Å². The normalized spacial score (nSPS) is 12.0. The van der Waals surface area contributed by atoms with Crippen molar-refractivity contribution in [2.45, 2.75) is 26.6 Å². The summed E-state index contributed by atoms with van der Waals surface area (Å²) in [6.07, 6.45) is -0.910. The van der Waals surface area contributed by atoms with Crippen molar-refractivity contribution in [3.63, 3.8) is 0 Å². The molecule has 0 radical (unpaired) electrons. The maximum Gasteiger partial charge on any atom is 0.347 e. The largest absolute Gasteiger partial charge is 0.479 e. The van der Waals surface area contributed by atoms with E-state index in [-0.39, 0.29) is 6.61 Å². The summed E-state index contributed by atoms with van der Waals surface area (Å²) in [6, 6.07) is 9.87. The fourth-order valence-electron chi connectivity index (χ4n) is 2.50. The van der Waals surface area contributed by atoms with Crippen LogP contribution in [0.3, 0.4) is 0 Å². The van der Waals surface area contributed by atoms with Crippen LogP contribution in [0.4, 0.5) is 4.39 Å². The van der Waals surface area contributed by atoms with Crippen LogP contribution < -0.4 is 10.4 Å². The van der Waals surface area contributed by atoms with E-state index in [4.69, 9.17) is 25.5 Å². The van der Waals surface area contributed by atoms with Gasteiger partial charge in [-0.1, -0.05) is 11.6 Å². The molecule has 7 heteroatoms. The summed E-state index contributed by atoms with van der Waals surface area (Å²) in [4.78, 5) is 23.9. The van der Waals surface area contributed by atoms with Crippen LogP contribution in [0, 0.1) is 12.7 Å². The molecule has 3 aromatic rings. The lowest BCUT2D eigenvalue weighted by atomic mass is 10.1. The van der Waals surface area contributed by atoms with Gasteiger partial charge in [0.15, 0.2) is 6.10 Å². The smallest absolute Gasteiger partial charge is 0.347 e. The van der Waals surface area contributed by atoms with E-state index >= 15 is 0 Å². The van der Waals surface area contributed by atoms with E-state index in [1.54, 1.807) is 19.1 Å². The Balaban J connectivity index is 1.74. The second kappa shape index (κ2) is 7.80. The van der Waals surface area contributed by atoms with Gasteiger partial charge in [-0.05, 0) is 55.8 Å². The number of fused-ring (bicyclic) bond motifs is 1. The highest BCUT2D eigenvalue weighted by Gasteiger charge is 2.18. The molecule has 2 aromatic carbocycles. The van der Waals surface area contributed by atoms with Gasteiger partial charge in [-0.3, -0.25) is 0 Å². The number of benzene rings is 2. The van der Waals surface area contributed by atoms with Gasteiger partial charge in [0.1, 0.15) is 23.8 Å². The average molecular weight is 391 g/mol. The number of carbonyl (C=O) groups is 1. The minimum Gasteiger partial charge on any atom is -0.479 e. The Morgan fingerprint density at radius 3 is 2.63 bits per heavy atom. The lowest BCUT2D eigenvalue weighted by Gasteiger charge is -2.14. The number of hydrogen-bond donors (Lipinski definition) is 0. The first-order chi connectivity index (χ1) is 12.8. The summed E-state index contributed by atoms with van der Waals surface area (Å²) in [5.74, 6) is -0.686. The number of carbonyl (C=O) groups excluding carboxylic acids is 1. The Morgan fingerprint density at radius 1 is 1.22 bits per heavy atom. The molecule has 1 atom stereocenters. The zero-order valence-corrected chi connectivity index (χ0v) is 15.4. The summed E-state index contributed by atoms with van der Waals surface area (Å²) < 4.78 is 28.8. The molecule has 0 amide bonds. The molecule has 0 aliphatic rings. The van der Waals surface area contributed by atoms with Gasteiger partial charge in [0.2, 0.25) is 0 Å². The van der Waals surface area contributed by atoms with Gasteiger partial charge < -0.3 is 13.9 Å². The van der Waals surface area contributed by atoms with Crippen molar-refractivity contribution in [1.82, 2.24) is 0 Å². The number of ether oxygens (including phenoxy) is 2. The van der Waals surface area contributed by atoms with Crippen LogP contribution >= 0.6 is 11.6 Å². The molecule has 0 saturated carbocycles. The number of aryl methyl sites for hydroxylation is 1. The predicted octanol–water partition coefficient (Wildman–Crippen LogP) is 4.40. The van der Waals surface area contributed by atoms with E-state index in [1.165, 1.54) is 37.3 Å². The molecule has 0 unspecified atom stereocenters. The molecular formula is C20H16ClFO5. The van der Waals surface area contributed by atoms with Crippen LogP contribution in [-0.2, 0) is 16.1 Å². The van der Waals surface area contributed by atoms with E-state index in [0.29, 0.717) is 27.3 Å². The van der Waals surface area contributed by atoms with Gasteiger partial charge in [0, 0.05) is 22.0 Å². The Labute approximate surface area is 159 Å². The van der Waals surface area contributed by atoms with Crippen molar-refractivity contribution in [3.8, 4) is 5.75 Å². The van der Waals surface area contributed by atoms with Gasteiger partial charge in [-0.2, -0.15) is 0 Å². The Kier molecular flexibility index (Phi) is 5.46. The summed E-state index contributed by atoms with van der Waals surface area (Å²) in [6.45, 7) is 3.17. The van der Waals surface area contributed by atoms with E-state index < -0.39 is 23.5 Å². The fraction of sp³-hybridized carbons (Fsp3) is 0.200. The molecule has 0 aliphatic heterocycles.